The molecule has 0 aliphatic carbocycles. The van der Waals surface area contributed by atoms with E-state index in [1.807, 2.05) is 0 Å². The molecular weight excluding hydrogens is 252 g/mol. The van der Waals surface area contributed by atoms with Crippen LogP contribution in [0.25, 0.3) is 0 Å². The number of rotatable bonds is 1. The zero-order valence-corrected chi connectivity index (χ0v) is 9.56. The number of hydrogen-bond acceptors (Lipinski definition) is 2. The van der Waals surface area contributed by atoms with Gasteiger partial charge >= 0.3 is 0 Å². The molecule has 94 valence electrons. The van der Waals surface area contributed by atoms with E-state index in [-0.39, 0.29) is 22.5 Å². The van der Waals surface area contributed by atoms with Crippen molar-refractivity contribution < 1.29 is 18.3 Å². The normalized spacial score (nSPS) is 13.9. The predicted octanol–water partition coefficient (Wildman–Crippen LogP) is 2.79. The van der Waals surface area contributed by atoms with Crippen molar-refractivity contribution in [2.75, 3.05) is 0 Å². The highest BCUT2D eigenvalue weighted by Gasteiger charge is 2.38. The lowest BCUT2D eigenvalue weighted by atomic mass is 10.0. The van der Waals surface area contributed by atoms with Crippen molar-refractivity contribution in [2.45, 2.75) is 0 Å². The van der Waals surface area contributed by atoms with Crippen molar-refractivity contribution in [3.05, 3.63) is 70.4 Å². The number of ketones is 1. The first kappa shape index (κ1) is 11.5. The number of benzene rings is 2. The van der Waals surface area contributed by atoms with E-state index >= 15 is 0 Å². The second-order valence-electron chi connectivity index (χ2n) is 4.12. The van der Waals surface area contributed by atoms with Crippen LogP contribution >= 0.6 is 0 Å². The number of carbonyl (C=O) groups excluding carboxylic acids is 1. The lowest BCUT2D eigenvalue weighted by Gasteiger charge is -2.01. The highest BCUT2D eigenvalue weighted by atomic mass is 19.1. The Kier molecular flexibility index (Phi) is 2.41. The van der Waals surface area contributed by atoms with Crippen LogP contribution in [0.4, 0.5) is 14.5 Å². The topological polar surface area (TPSA) is 43.1 Å². The second-order valence-corrected chi connectivity index (χ2v) is 4.12. The average molecular weight is 259 g/mol. The smallest absolute Gasteiger partial charge is 0.273 e. The summed E-state index contributed by atoms with van der Waals surface area (Å²) in [6, 6.07) is 8.91. The Labute approximate surface area is 107 Å². The molecule has 0 fully saturated rings. The van der Waals surface area contributed by atoms with E-state index in [0.29, 0.717) is 4.74 Å². The molecule has 0 radical (unpaired) electrons. The van der Waals surface area contributed by atoms with Crippen molar-refractivity contribution in [2.24, 2.45) is 0 Å². The van der Waals surface area contributed by atoms with Crippen LogP contribution in [-0.2, 0) is 0 Å². The van der Waals surface area contributed by atoms with Gasteiger partial charge in [-0.2, -0.15) is 4.74 Å². The van der Waals surface area contributed by atoms with E-state index in [1.165, 1.54) is 30.3 Å². The summed E-state index contributed by atoms with van der Waals surface area (Å²) in [5.74, 6) is -2.05. The summed E-state index contributed by atoms with van der Waals surface area (Å²) in [7, 11) is 0. The van der Waals surface area contributed by atoms with E-state index in [1.54, 1.807) is 0 Å². The summed E-state index contributed by atoms with van der Waals surface area (Å²) in [4.78, 5) is 12.1. The molecular formula is C14H7F2NO2. The molecule has 1 aliphatic heterocycles. The second kappa shape index (κ2) is 3.98. The van der Waals surface area contributed by atoms with E-state index in [2.05, 4.69) is 0 Å². The number of carbonyl (C=O) groups is 1. The fourth-order valence-corrected chi connectivity index (χ4v) is 2.12. The number of fused-ring (bicyclic) bond motifs is 1. The van der Waals surface area contributed by atoms with Gasteiger partial charge in [0.05, 0.1) is 5.56 Å². The molecule has 2 aromatic carbocycles. The fourth-order valence-electron chi connectivity index (χ4n) is 2.12. The molecule has 0 unspecified atom stereocenters. The third-order valence-corrected chi connectivity index (χ3v) is 2.95. The van der Waals surface area contributed by atoms with Gasteiger partial charge in [-0.3, -0.25) is 4.79 Å². The Morgan fingerprint density at radius 2 is 1.79 bits per heavy atom. The molecule has 5 heteroatoms. The number of Topliss-reactive ketones (excluding diaryl/α,β-unsaturated/α-hetero) is 1. The molecule has 1 heterocycles. The van der Waals surface area contributed by atoms with Crippen LogP contribution in [0, 0.1) is 16.8 Å². The molecule has 0 saturated carbocycles. The van der Waals surface area contributed by atoms with Crippen LogP contribution < -0.4 is 0 Å². The minimum atomic E-state index is -0.755. The minimum Gasteiger partial charge on any atom is -0.618 e. The molecule has 0 atom stereocenters. The SMILES string of the molecule is O=C1C(c2cccc(F)c2)=[N+]([O-])c2cccc(F)c21. The molecule has 0 N–H and O–H groups in total. The number of halogens is 2. The zero-order chi connectivity index (χ0) is 13.6. The van der Waals surface area contributed by atoms with Crippen LogP contribution in [0.15, 0.2) is 42.5 Å². The summed E-state index contributed by atoms with van der Waals surface area (Å²) in [5, 5.41) is 12.0. The maximum Gasteiger partial charge on any atom is 0.273 e. The molecule has 0 saturated heterocycles. The first-order valence-corrected chi connectivity index (χ1v) is 5.53. The van der Waals surface area contributed by atoms with Crippen LogP contribution in [-0.4, -0.2) is 16.2 Å². The largest absolute Gasteiger partial charge is 0.618 e. The van der Waals surface area contributed by atoms with Gasteiger partial charge in [0.1, 0.15) is 17.2 Å². The number of nitrogens with zero attached hydrogens (tertiary/aromatic N) is 1. The van der Waals surface area contributed by atoms with E-state index in [4.69, 9.17) is 0 Å². The highest BCUT2D eigenvalue weighted by Crippen LogP contribution is 2.29. The van der Waals surface area contributed by atoms with Crippen molar-refractivity contribution in [3.8, 4) is 0 Å². The molecule has 19 heavy (non-hydrogen) atoms. The molecule has 1 aliphatic rings. The molecule has 2 aromatic rings. The summed E-state index contributed by atoms with van der Waals surface area (Å²) < 4.78 is 27.1. The Hall–Kier alpha value is -2.56. The fraction of sp³-hybridized carbons (Fsp3) is 0. The van der Waals surface area contributed by atoms with Gasteiger partial charge in [-0.1, -0.05) is 12.1 Å². The van der Waals surface area contributed by atoms with Crippen LogP contribution in [0.2, 0.25) is 0 Å². The summed E-state index contributed by atoms with van der Waals surface area (Å²) >= 11 is 0. The van der Waals surface area contributed by atoms with Crippen molar-refractivity contribution in [3.63, 3.8) is 0 Å². The van der Waals surface area contributed by atoms with Crippen LogP contribution in [0.5, 0.6) is 0 Å². The first-order valence-electron chi connectivity index (χ1n) is 5.53. The highest BCUT2D eigenvalue weighted by molar-refractivity contribution is 6.52. The summed E-state index contributed by atoms with van der Waals surface area (Å²) in [6.45, 7) is 0. The zero-order valence-electron chi connectivity index (χ0n) is 9.56. The van der Waals surface area contributed by atoms with Gasteiger partial charge in [0.25, 0.3) is 11.5 Å². The van der Waals surface area contributed by atoms with Gasteiger partial charge in [0, 0.05) is 6.07 Å². The van der Waals surface area contributed by atoms with Crippen molar-refractivity contribution >= 4 is 17.2 Å². The summed E-state index contributed by atoms with van der Waals surface area (Å²) in [5.41, 5.74) is -0.448. The van der Waals surface area contributed by atoms with E-state index < -0.39 is 17.4 Å². The quantitative estimate of drug-likeness (QED) is 0.583. The molecule has 0 bridgehead atoms. The Morgan fingerprint density at radius 3 is 2.47 bits per heavy atom. The van der Waals surface area contributed by atoms with Gasteiger partial charge in [-0.25, -0.2) is 8.78 Å². The Balaban J connectivity index is 2.23. The van der Waals surface area contributed by atoms with Gasteiger partial charge in [0.15, 0.2) is 0 Å². The maximum atomic E-state index is 13.6. The molecule has 3 rings (SSSR count). The van der Waals surface area contributed by atoms with Gasteiger partial charge in [-0.05, 0) is 24.3 Å². The molecule has 0 aromatic heterocycles. The number of hydrogen-bond donors (Lipinski definition) is 0. The van der Waals surface area contributed by atoms with Crippen LogP contribution in [0.1, 0.15) is 15.9 Å². The first-order chi connectivity index (χ1) is 9.09. The van der Waals surface area contributed by atoms with Crippen LogP contribution in [0.3, 0.4) is 0 Å². The standard InChI is InChI=1S/C14H7F2NO2/c15-9-4-1-3-8(7-9)13-14(18)12-10(16)5-2-6-11(12)17(13)19/h1-7H. The molecule has 0 spiro atoms. The van der Waals surface area contributed by atoms with Gasteiger partial charge in [-0.15, -0.1) is 0 Å². The third kappa shape index (κ3) is 1.62. The van der Waals surface area contributed by atoms with Gasteiger partial charge in [0.2, 0.25) is 5.69 Å². The monoisotopic (exact) mass is 259 g/mol. The summed E-state index contributed by atoms with van der Waals surface area (Å²) in [6.07, 6.45) is 0. The minimum absolute atomic E-state index is 0.0516. The lowest BCUT2D eigenvalue weighted by molar-refractivity contribution is -0.355. The van der Waals surface area contributed by atoms with Gasteiger partial charge < -0.3 is 5.21 Å². The Bertz CT molecular complexity index is 738. The van der Waals surface area contributed by atoms with Crippen molar-refractivity contribution in [1.29, 1.82) is 0 Å². The average Bonchev–Trinajstić information content (AvgIpc) is 2.63. The Morgan fingerprint density at radius 1 is 1.05 bits per heavy atom. The third-order valence-electron chi connectivity index (χ3n) is 2.95. The molecule has 0 amide bonds. The van der Waals surface area contributed by atoms with Crippen molar-refractivity contribution in [1.82, 2.24) is 0 Å². The maximum absolute atomic E-state index is 13.6. The van der Waals surface area contributed by atoms with E-state index in [9.17, 15) is 18.8 Å². The molecule has 3 nitrogen and oxygen atoms in total. The lowest BCUT2D eigenvalue weighted by Crippen LogP contribution is -2.17. The van der Waals surface area contributed by atoms with E-state index in [0.717, 1.165) is 12.1 Å². The predicted molar refractivity (Wildman–Crippen MR) is 64.5 cm³/mol.